The number of ether oxygens (including phenoxy) is 1. The van der Waals surface area contributed by atoms with Crippen LogP contribution in [0.15, 0.2) is 25.0 Å². The first-order valence-electron chi connectivity index (χ1n) is 4.27. The van der Waals surface area contributed by atoms with Crippen LogP contribution in [0.1, 0.15) is 5.56 Å². The Morgan fingerprint density at radius 3 is 3.07 bits per heavy atom. The van der Waals surface area contributed by atoms with E-state index < -0.39 is 0 Å². The molecule has 0 spiro atoms. The van der Waals surface area contributed by atoms with E-state index in [-0.39, 0.29) is 12.3 Å². The first-order valence-corrected chi connectivity index (χ1v) is 4.94. The Morgan fingerprint density at radius 2 is 2.47 bits per heavy atom. The largest absolute Gasteiger partial charge is 0.495 e. The Bertz CT molecular complexity index is 509. The normalized spacial score (nSPS) is 10.5. The minimum Gasteiger partial charge on any atom is -0.495 e. The minimum atomic E-state index is 0.110. The third kappa shape index (κ3) is 1.48. The average molecular weight is 224 g/mol. The predicted molar refractivity (Wildman–Crippen MR) is 60.5 cm³/mol. The van der Waals surface area contributed by atoms with E-state index in [1.807, 2.05) is 0 Å². The Kier molecular flexibility index (Phi) is 2.64. The standard InChI is InChI=1S/C10H9FN2OS/c1-3-7-6-12-10-8(9(7)14-2)4-5-13(10)15-11/h3-6H,1H2,2H3. The van der Waals surface area contributed by atoms with Crippen LogP contribution >= 0.6 is 12.3 Å². The summed E-state index contributed by atoms with van der Waals surface area (Å²) < 4.78 is 19.1. The van der Waals surface area contributed by atoms with Crippen LogP contribution in [0.25, 0.3) is 17.1 Å². The van der Waals surface area contributed by atoms with Gasteiger partial charge in [-0.3, -0.25) is 0 Å². The molecule has 2 aromatic heterocycles. The maximum Gasteiger partial charge on any atom is 0.171 e. The van der Waals surface area contributed by atoms with Crippen molar-refractivity contribution in [3.8, 4) is 5.75 Å². The van der Waals surface area contributed by atoms with Gasteiger partial charge in [0.1, 0.15) is 5.75 Å². The van der Waals surface area contributed by atoms with Crippen LogP contribution < -0.4 is 4.74 Å². The van der Waals surface area contributed by atoms with E-state index in [0.29, 0.717) is 11.4 Å². The lowest BCUT2D eigenvalue weighted by Gasteiger charge is -2.05. The summed E-state index contributed by atoms with van der Waals surface area (Å²) in [6.45, 7) is 3.67. The molecular weight excluding hydrogens is 215 g/mol. The molecule has 0 aliphatic carbocycles. The predicted octanol–water partition coefficient (Wildman–Crippen LogP) is 3.07. The number of nitrogens with zero attached hydrogens (tertiary/aromatic N) is 2. The molecule has 2 heterocycles. The summed E-state index contributed by atoms with van der Waals surface area (Å²) in [5.74, 6) is 0.669. The maximum atomic E-state index is 12.5. The van der Waals surface area contributed by atoms with Gasteiger partial charge in [0.05, 0.1) is 12.5 Å². The smallest absolute Gasteiger partial charge is 0.171 e. The Hall–Kier alpha value is -1.49. The molecule has 3 nitrogen and oxygen atoms in total. The third-order valence-corrected chi connectivity index (χ3v) is 2.60. The monoisotopic (exact) mass is 224 g/mol. The van der Waals surface area contributed by atoms with Gasteiger partial charge in [-0.1, -0.05) is 12.7 Å². The molecule has 5 heteroatoms. The molecular formula is C10H9FN2OS. The van der Waals surface area contributed by atoms with Crippen molar-refractivity contribution in [1.29, 1.82) is 0 Å². The quantitative estimate of drug-likeness (QED) is 0.801. The van der Waals surface area contributed by atoms with Crippen LogP contribution in [0, 0.1) is 0 Å². The molecule has 0 radical (unpaired) electrons. The van der Waals surface area contributed by atoms with Crippen LogP contribution in [-0.4, -0.2) is 16.1 Å². The van der Waals surface area contributed by atoms with Gasteiger partial charge in [-0.25, -0.2) is 8.96 Å². The van der Waals surface area contributed by atoms with E-state index >= 15 is 0 Å². The zero-order valence-electron chi connectivity index (χ0n) is 8.11. The van der Waals surface area contributed by atoms with Crippen molar-refractivity contribution >= 4 is 29.4 Å². The lowest BCUT2D eigenvalue weighted by molar-refractivity contribution is 0.418. The van der Waals surface area contributed by atoms with Gasteiger partial charge in [0.2, 0.25) is 0 Å². The molecule has 0 fully saturated rings. The van der Waals surface area contributed by atoms with Gasteiger partial charge in [-0.15, -0.1) is 3.89 Å². The first kappa shape index (κ1) is 10.0. The van der Waals surface area contributed by atoms with Crippen molar-refractivity contribution in [2.24, 2.45) is 0 Å². The zero-order chi connectivity index (χ0) is 10.8. The number of hydrogen-bond donors (Lipinski definition) is 0. The number of pyridine rings is 1. The second kappa shape index (κ2) is 3.94. The fourth-order valence-corrected chi connectivity index (χ4v) is 1.80. The van der Waals surface area contributed by atoms with Crippen LogP contribution in [0.2, 0.25) is 0 Å². The zero-order valence-corrected chi connectivity index (χ0v) is 8.92. The van der Waals surface area contributed by atoms with E-state index in [2.05, 4.69) is 11.6 Å². The highest BCUT2D eigenvalue weighted by atomic mass is 32.2. The maximum absolute atomic E-state index is 12.5. The molecule has 0 saturated carbocycles. The fourth-order valence-electron chi connectivity index (χ4n) is 1.48. The number of methoxy groups -OCH3 is 1. The van der Waals surface area contributed by atoms with Gasteiger partial charge in [-0.05, 0) is 6.07 Å². The van der Waals surface area contributed by atoms with Gasteiger partial charge < -0.3 is 4.74 Å². The van der Waals surface area contributed by atoms with Crippen LogP contribution in [0.5, 0.6) is 5.75 Å². The Labute approximate surface area is 91.0 Å². The van der Waals surface area contributed by atoms with Crippen molar-refractivity contribution in [1.82, 2.24) is 8.96 Å². The number of halogens is 1. The molecule has 0 bridgehead atoms. The van der Waals surface area contributed by atoms with Crippen molar-refractivity contribution in [2.75, 3.05) is 7.11 Å². The summed E-state index contributed by atoms with van der Waals surface area (Å²) >= 11 is 0.110. The van der Waals surface area contributed by atoms with E-state index in [1.54, 1.807) is 31.6 Å². The van der Waals surface area contributed by atoms with Gasteiger partial charge in [0.25, 0.3) is 0 Å². The summed E-state index contributed by atoms with van der Waals surface area (Å²) in [5.41, 5.74) is 1.34. The molecule has 0 N–H and O–H groups in total. The second-order valence-corrected chi connectivity index (χ2v) is 3.43. The molecule has 2 rings (SSSR count). The molecule has 2 aromatic rings. The van der Waals surface area contributed by atoms with Gasteiger partial charge >= 0.3 is 0 Å². The van der Waals surface area contributed by atoms with E-state index in [4.69, 9.17) is 4.74 Å². The highest BCUT2D eigenvalue weighted by Crippen LogP contribution is 2.31. The Balaban J connectivity index is 2.77. The molecule has 0 saturated heterocycles. The van der Waals surface area contributed by atoms with Gasteiger partial charge in [0.15, 0.2) is 18.0 Å². The summed E-state index contributed by atoms with van der Waals surface area (Å²) in [4.78, 5) is 4.14. The van der Waals surface area contributed by atoms with Crippen LogP contribution in [0.3, 0.4) is 0 Å². The van der Waals surface area contributed by atoms with Crippen LogP contribution in [-0.2, 0) is 0 Å². The molecule has 0 aliphatic heterocycles. The van der Waals surface area contributed by atoms with E-state index in [9.17, 15) is 3.89 Å². The molecule has 0 unspecified atom stereocenters. The Morgan fingerprint density at radius 1 is 1.67 bits per heavy atom. The van der Waals surface area contributed by atoms with Gasteiger partial charge in [-0.2, -0.15) is 0 Å². The molecule has 0 aromatic carbocycles. The summed E-state index contributed by atoms with van der Waals surface area (Å²) in [5, 5.41) is 0.778. The van der Waals surface area contributed by atoms with Crippen molar-refractivity contribution in [3.05, 3.63) is 30.6 Å². The van der Waals surface area contributed by atoms with E-state index in [0.717, 1.165) is 10.9 Å². The summed E-state index contributed by atoms with van der Waals surface area (Å²) in [6, 6.07) is 1.76. The number of hydrogen-bond acceptors (Lipinski definition) is 3. The summed E-state index contributed by atoms with van der Waals surface area (Å²) in [6.07, 6.45) is 4.88. The van der Waals surface area contributed by atoms with Crippen molar-refractivity contribution in [2.45, 2.75) is 0 Å². The molecule has 78 valence electrons. The van der Waals surface area contributed by atoms with Crippen molar-refractivity contribution in [3.63, 3.8) is 0 Å². The number of rotatable bonds is 3. The second-order valence-electron chi connectivity index (χ2n) is 2.90. The van der Waals surface area contributed by atoms with Crippen LogP contribution in [0.4, 0.5) is 3.89 Å². The average Bonchev–Trinajstić information content (AvgIpc) is 2.70. The molecule has 0 amide bonds. The first-order chi connectivity index (χ1) is 7.31. The molecule has 15 heavy (non-hydrogen) atoms. The topological polar surface area (TPSA) is 27.1 Å². The summed E-state index contributed by atoms with van der Waals surface area (Å²) in [7, 11) is 1.57. The highest BCUT2D eigenvalue weighted by Gasteiger charge is 2.11. The SMILES string of the molecule is C=Cc1cnc2c(ccn2SF)c1OC. The molecule has 0 atom stereocenters. The number of fused-ring (bicyclic) bond motifs is 1. The third-order valence-electron chi connectivity index (χ3n) is 2.16. The minimum absolute atomic E-state index is 0.110. The van der Waals surface area contributed by atoms with E-state index in [1.165, 1.54) is 3.97 Å². The van der Waals surface area contributed by atoms with Crippen molar-refractivity contribution < 1.29 is 8.62 Å². The van der Waals surface area contributed by atoms with Gasteiger partial charge in [0, 0.05) is 18.0 Å². The molecule has 0 aliphatic rings. The highest BCUT2D eigenvalue weighted by molar-refractivity contribution is 7.92. The lowest BCUT2D eigenvalue weighted by atomic mass is 10.2. The lowest BCUT2D eigenvalue weighted by Crippen LogP contribution is -1.91. The number of aromatic nitrogens is 2. The fraction of sp³-hybridized carbons (Fsp3) is 0.100.